The van der Waals surface area contributed by atoms with Gasteiger partial charge in [-0.2, -0.15) is 0 Å². The molecule has 3 aromatic rings. The van der Waals surface area contributed by atoms with Gasteiger partial charge >= 0.3 is 0 Å². The Kier molecular flexibility index (Phi) is 6.82. The van der Waals surface area contributed by atoms with Crippen molar-refractivity contribution in [2.24, 2.45) is 5.92 Å². The van der Waals surface area contributed by atoms with Gasteiger partial charge in [0.05, 0.1) is 30.0 Å². The SMILES string of the molecule is Cc1occc1C(=O)Nc1nc(CC(=O)NC(CC(C)C)c2ccccc2)cs1. The average molecular weight is 412 g/mol. The van der Waals surface area contributed by atoms with Crippen LogP contribution in [0.1, 0.15) is 53.7 Å². The highest BCUT2D eigenvalue weighted by atomic mass is 32.1. The second-order valence-electron chi connectivity index (χ2n) is 7.33. The third-order valence-electron chi connectivity index (χ3n) is 4.46. The van der Waals surface area contributed by atoms with Gasteiger partial charge in [-0.3, -0.25) is 14.9 Å². The van der Waals surface area contributed by atoms with Crippen molar-refractivity contribution in [1.29, 1.82) is 0 Å². The van der Waals surface area contributed by atoms with Gasteiger partial charge in [-0.05, 0) is 30.9 Å². The minimum Gasteiger partial charge on any atom is -0.469 e. The van der Waals surface area contributed by atoms with E-state index in [0.717, 1.165) is 12.0 Å². The molecule has 0 aliphatic rings. The molecule has 1 atom stereocenters. The van der Waals surface area contributed by atoms with Crippen LogP contribution >= 0.6 is 11.3 Å². The Balaban J connectivity index is 1.60. The molecule has 0 aliphatic carbocycles. The van der Waals surface area contributed by atoms with Crippen molar-refractivity contribution in [3.05, 3.63) is 70.6 Å². The van der Waals surface area contributed by atoms with Crippen LogP contribution in [-0.2, 0) is 11.2 Å². The van der Waals surface area contributed by atoms with Crippen molar-refractivity contribution in [2.75, 3.05) is 5.32 Å². The molecule has 152 valence electrons. The molecule has 6 nitrogen and oxygen atoms in total. The number of aromatic nitrogens is 1. The average Bonchev–Trinajstić information content (AvgIpc) is 3.30. The van der Waals surface area contributed by atoms with Gasteiger partial charge in [0.25, 0.3) is 5.91 Å². The van der Waals surface area contributed by atoms with Gasteiger partial charge in [0.2, 0.25) is 5.91 Å². The molecule has 0 saturated carbocycles. The molecule has 2 aromatic heterocycles. The zero-order valence-electron chi connectivity index (χ0n) is 16.8. The van der Waals surface area contributed by atoms with Gasteiger partial charge in [-0.25, -0.2) is 4.98 Å². The van der Waals surface area contributed by atoms with Crippen LogP contribution in [0.15, 0.2) is 52.5 Å². The molecule has 0 saturated heterocycles. The first kappa shape index (κ1) is 20.8. The molecule has 2 N–H and O–H groups in total. The highest BCUT2D eigenvalue weighted by molar-refractivity contribution is 7.14. The summed E-state index contributed by atoms with van der Waals surface area (Å²) in [6.07, 6.45) is 2.50. The molecule has 0 aliphatic heterocycles. The smallest absolute Gasteiger partial charge is 0.260 e. The van der Waals surface area contributed by atoms with Crippen molar-refractivity contribution in [3.63, 3.8) is 0 Å². The van der Waals surface area contributed by atoms with Crippen LogP contribution in [0.4, 0.5) is 5.13 Å². The zero-order chi connectivity index (χ0) is 20.8. The maximum atomic E-state index is 12.6. The van der Waals surface area contributed by atoms with Crippen molar-refractivity contribution in [2.45, 2.75) is 39.7 Å². The first-order valence-electron chi connectivity index (χ1n) is 9.56. The molecule has 1 aromatic carbocycles. The van der Waals surface area contributed by atoms with Crippen molar-refractivity contribution in [1.82, 2.24) is 10.3 Å². The number of hydrogen-bond acceptors (Lipinski definition) is 5. The van der Waals surface area contributed by atoms with Gasteiger partial charge in [0.15, 0.2) is 5.13 Å². The number of nitrogens with zero attached hydrogens (tertiary/aromatic N) is 1. The van der Waals surface area contributed by atoms with E-state index in [2.05, 4.69) is 29.5 Å². The number of carbonyl (C=O) groups is 2. The Morgan fingerprint density at radius 1 is 1.17 bits per heavy atom. The second-order valence-corrected chi connectivity index (χ2v) is 8.18. The zero-order valence-corrected chi connectivity index (χ0v) is 17.6. The van der Waals surface area contributed by atoms with Crippen LogP contribution in [0, 0.1) is 12.8 Å². The van der Waals surface area contributed by atoms with Crippen LogP contribution in [0.3, 0.4) is 0 Å². The Morgan fingerprint density at radius 2 is 1.93 bits per heavy atom. The minimum absolute atomic E-state index is 0.0365. The molecule has 29 heavy (non-hydrogen) atoms. The first-order chi connectivity index (χ1) is 13.9. The molecule has 0 bridgehead atoms. The Morgan fingerprint density at radius 3 is 2.59 bits per heavy atom. The number of benzene rings is 1. The molecule has 3 rings (SSSR count). The van der Waals surface area contributed by atoms with Crippen LogP contribution in [0.25, 0.3) is 0 Å². The molecule has 1 unspecified atom stereocenters. The van der Waals surface area contributed by atoms with E-state index in [4.69, 9.17) is 4.42 Å². The second kappa shape index (κ2) is 9.52. The van der Waals surface area contributed by atoms with Gasteiger partial charge in [0.1, 0.15) is 5.76 Å². The molecule has 0 radical (unpaired) electrons. The van der Waals surface area contributed by atoms with Gasteiger partial charge < -0.3 is 9.73 Å². The van der Waals surface area contributed by atoms with Crippen LogP contribution in [0.5, 0.6) is 0 Å². The van der Waals surface area contributed by atoms with E-state index < -0.39 is 0 Å². The van der Waals surface area contributed by atoms with Gasteiger partial charge in [-0.15, -0.1) is 11.3 Å². The predicted octanol–water partition coefficient (Wildman–Crippen LogP) is 4.74. The summed E-state index contributed by atoms with van der Waals surface area (Å²) in [7, 11) is 0. The van der Waals surface area contributed by atoms with Gasteiger partial charge in [-0.1, -0.05) is 44.2 Å². The number of hydrogen-bond donors (Lipinski definition) is 2. The molecule has 0 fully saturated rings. The van der Waals surface area contributed by atoms with E-state index in [1.54, 1.807) is 18.4 Å². The number of aryl methyl sites for hydroxylation is 1. The van der Waals surface area contributed by atoms with Crippen molar-refractivity contribution < 1.29 is 14.0 Å². The van der Waals surface area contributed by atoms with E-state index >= 15 is 0 Å². The van der Waals surface area contributed by atoms with Crippen LogP contribution in [0.2, 0.25) is 0 Å². The molecule has 2 heterocycles. The fourth-order valence-electron chi connectivity index (χ4n) is 3.08. The van der Waals surface area contributed by atoms with Crippen LogP contribution in [-0.4, -0.2) is 16.8 Å². The summed E-state index contributed by atoms with van der Waals surface area (Å²) in [6.45, 7) is 6.01. The molecular weight excluding hydrogens is 386 g/mol. The summed E-state index contributed by atoms with van der Waals surface area (Å²) in [6, 6.07) is 11.6. The Bertz CT molecular complexity index is 963. The van der Waals surface area contributed by atoms with E-state index in [-0.39, 0.29) is 24.3 Å². The standard InChI is InChI=1S/C22H25N3O3S/c1-14(2)11-19(16-7-5-4-6-8-16)24-20(26)12-17-13-29-22(23-17)25-21(27)18-9-10-28-15(18)3/h4-10,13-14,19H,11-12H2,1-3H3,(H,24,26)(H,23,25,27). The molecule has 2 amide bonds. The van der Waals surface area contributed by atoms with Gasteiger partial charge in [0, 0.05) is 5.38 Å². The van der Waals surface area contributed by atoms with Crippen molar-refractivity contribution in [3.8, 4) is 0 Å². The monoisotopic (exact) mass is 411 g/mol. The number of rotatable bonds is 8. The molecule has 7 heteroatoms. The number of anilines is 1. The molecule has 0 spiro atoms. The van der Waals surface area contributed by atoms with E-state index in [1.807, 2.05) is 30.3 Å². The lowest BCUT2D eigenvalue weighted by atomic mass is 9.97. The van der Waals surface area contributed by atoms with Crippen LogP contribution < -0.4 is 10.6 Å². The summed E-state index contributed by atoms with van der Waals surface area (Å²) in [5.41, 5.74) is 2.19. The fraction of sp³-hybridized carbons (Fsp3) is 0.318. The quantitative estimate of drug-likeness (QED) is 0.561. The van der Waals surface area contributed by atoms with E-state index in [9.17, 15) is 9.59 Å². The maximum Gasteiger partial charge on any atom is 0.260 e. The van der Waals surface area contributed by atoms with E-state index in [1.165, 1.54) is 17.6 Å². The highest BCUT2D eigenvalue weighted by Gasteiger charge is 2.18. The third-order valence-corrected chi connectivity index (χ3v) is 5.27. The Labute approximate surface area is 174 Å². The number of carbonyl (C=O) groups excluding carboxylic acids is 2. The summed E-state index contributed by atoms with van der Waals surface area (Å²) < 4.78 is 5.15. The largest absolute Gasteiger partial charge is 0.469 e. The lowest BCUT2D eigenvalue weighted by Gasteiger charge is -2.21. The lowest BCUT2D eigenvalue weighted by Crippen LogP contribution is -2.30. The highest BCUT2D eigenvalue weighted by Crippen LogP contribution is 2.22. The summed E-state index contributed by atoms with van der Waals surface area (Å²) in [4.78, 5) is 29.2. The number of nitrogens with one attached hydrogen (secondary N) is 2. The summed E-state index contributed by atoms with van der Waals surface area (Å²) in [5, 5.41) is 8.11. The fourth-order valence-corrected chi connectivity index (χ4v) is 3.78. The van der Waals surface area contributed by atoms with Crippen molar-refractivity contribution >= 4 is 28.3 Å². The van der Waals surface area contributed by atoms with E-state index in [0.29, 0.717) is 28.1 Å². The normalized spacial score (nSPS) is 12.0. The number of amides is 2. The summed E-state index contributed by atoms with van der Waals surface area (Å²) in [5.74, 6) is 0.639. The number of thiazole rings is 1. The molecular formula is C22H25N3O3S. The topological polar surface area (TPSA) is 84.2 Å². The lowest BCUT2D eigenvalue weighted by molar-refractivity contribution is -0.121. The predicted molar refractivity (Wildman–Crippen MR) is 114 cm³/mol. The minimum atomic E-state index is -0.275. The maximum absolute atomic E-state index is 12.6. The first-order valence-corrected chi connectivity index (χ1v) is 10.4. The number of furan rings is 1. The Hall–Kier alpha value is -2.93. The third kappa shape index (κ3) is 5.77. The summed E-state index contributed by atoms with van der Waals surface area (Å²) >= 11 is 1.30.